The van der Waals surface area contributed by atoms with Crippen molar-refractivity contribution >= 4 is 17.7 Å². The Balaban J connectivity index is 1.65. The Morgan fingerprint density at radius 2 is 2.25 bits per heavy atom. The third-order valence-corrected chi connectivity index (χ3v) is 4.84. The summed E-state index contributed by atoms with van der Waals surface area (Å²) in [6, 6.07) is 0. The third kappa shape index (κ3) is 3.67. The van der Waals surface area contributed by atoms with Crippen LogP contribution in [0.1, 0.15) is 32.1 Å². The molecule has 2 N–H and O–H groups in total. The second-order valence-corrected chi connectivity index (χ2v) is 6.19. The van der Waals surface area contributed by atoms with Crippen LogP contribution in [0, 0.1) is 5.92 Å². The van der Waals surface area contributed by atoms with Crippen molar-refractivity contribution in [1.29, 1.82) is 0 Å². The highest BCUT2D eigenvalue weighted by Gasteiger charge is 2.22. The molecule has 2 aliphatic heterocycles. The Kier molecular flexibility index (Phi) is 4.97. The predicted octanol–water partition coefficient (Wildman–Crippen LogP) is 1.39. The van der Waals surface area contributed by atoms with E-state index in [1.165, 1.54) is 25.0 Å². The summed E-state index contributed by atoms with van der Waals surface area (Å²) in [5.74, 6) is 1.74. The summed E-state index contributed by atoms with van der Waals surface area (Å²) in [6.07, 6.45) is 6.14. The summed E-state index contributed by atoms with van der Waals surface area (Å²) in [6.45, 7) is 2.81. The Hall–Kier alpha value is -0.220. The number of nitrogens with one attached hydrogen (secondary N) is 2. The van der Waals surface area contributed by atoms with E-state index in [9.17, 15) is 4.79 Å². The number of hydrogen-bond donors (Lipinski definition) is 2. The average molecular weight is 242 g/mol. The molecular formula is C12H22N2OS. The molecule has 2 aliphatic rings. The van der Waals surface area contributed by atoms with Crippen molar-refractivity contribution < 1.29 is 4.79 Å². The van der Waals surface area contributed by atoms with Gasteiger partial charge in [0.2, 0.25) is 5.91 Å². The first kappa shape index (κ1) is 12.2. The van der Waals surface area contributed by atoms with Gasteiger partial charge in [0, 0.05) is 18.3 Å². The smallest absolute Gasteiger partial charge is 0.224 e. The zero-order chi connectivity index (χ0) is 11.2. The highest BCUT2D eigenvalue weighted by Crippen LogP contribution is 2.24. The molecule has 0 aliphatic carbocycles. The van der Waals surface area contributed by atoms with E-state index in [1.807, 2.05) is 11.8 Å². The second kappa shape index (κ2) is 6.50. The van der Waals surface area contributed by atoms with Crippen LogP contribution in [-0.4, -0.2) is 36.5 Å². The Bertz CT molecular complexity index is 223. The van der Waals surface area contributed by atoms with E-state index in [0.29, 0.717) is 5.25 Å². The number of thioether (sulfide) groups is 1. The van der Waals surface area contributed by atoms with Crippen molar-refractivity contribution in [3.63, 3.8) is 0 Å². The molecule has 0 aromatic carbocycles. The Morgan fingerprint density at radius 3 is 2.94 bits per heavy atom. The molecule has 2 atom stereocenters. The fraction of sp³-hybridized carbons (Fsp3) is 0.917. The van der Waals surface area contributed by atoms with Crippen LogP contribution < -0.4 is 10.6 Å². The Morgan fingerprint density at radius 1 is 1.31 bits per heavy atom. The molecule has 1 amide bonds. The van der Waals surface area contributed by atoms with Gasteiger partial charge in [0.1, 0.15) is 0 Å². The third-order valence-electron chi connectivity index (χ3n) is 3.45. The van der Waals surface area contributed by atoms with E-state index in [1.54, 1.807) is 0 Å². The molecule has 4 heteroatoms. The lowest BCUT2D eigenvalue weighted by Crippen LogP contribution is -2.42. The van der Waals surface area contributed by atoms with E-state index in [-0.39, 0.29) is 11.8 Å². The quantitative estimate of drug-likeness (QED) is 0.786. The van der Waals surface area contributed by atoms with Gasteiger partial charge in [-0.1, -0.05) is 6.42 Å². The molecule has 92 valence electrons. The Labute approximate surface area is 102 Å². The molecule has 0 spiro atoms. The summed E-state index contributed by atoms with van der Waals surface area (Å²) in [4.78, 5) is 11.9. The van der Waals surface area contributed by atoms with Crippen molar-refractivity contribution in [2.75, 3.05) is 25.4 Å². The van der Waals surface area contributed by atoms with Crippen LogP contribution in [-0.2, 0) is 4.79 Å². The van der Waals surface area contributed by atoms with Gasteiger partial charge in [0.15, 0.2) is 0 Å². The number of hydrogen-bond acceptors (Lipinski definition) is 3. The van der Waals surface area contributed by atoms with E-state index >= 15 is 0 Å². The lowest BCUT2D eigenvalue weighted by atomic mass is 9.99. The van der Waals surface area contributed by atoms with Crippen molar-refractivity contribution in [2.45, 2.75) is 37.4 Å². The molecule has 2 fully saturated rings. The summed E-state index contributed by atoms with van der Waals surface area (Å²) < 4.78 is 0. The lowest BCUT2D eigenvalue weighted by Gasteiger charge is -2.25. The van der Waals surface area contributed by atoms with Crippen LogP contribution in [0.4, 0.5) is 0 Å². The van der Waals surface area contributed by atoms with Gasteiger partial charge in [-0.2, -0.15) is 11.8 Å². The summed E-state index contributed by atoms with van der Waals surface area (Å²) >= 11 is 2.02. The summed E-state index contributed by atoms with van der Waals surface area (Å²) in [7, 11) is 0. The van der Waals surface area contributed by atoms with E-state index in [2.05, 4.69) is 10.6 Å². The molecule has 3 nitrogen and oxygen atoms in total. The maximum Gasteiger partial charge on any atom is 0.224 e. The summed E-state index contributed by atoms with van der Waals surface area (Å²) in [5.41, 5.74) is 0. The molecule has 1 unspecified atom stereocenters. The number of rotatable bonds is 3. The molecule has 0 aromatic rings. The molecule has 0 aromatic heterocycles. The SMILES string of the molecule is O=C(NCC1CCCCS1)[C@H]1CCCNC1. The lowest BCUT2D eigenvalue weighted by molar-refractivity contribution is -0.125. The first-order valence-corrected chi connectivity index (χ1v) is 7.51. The van der Waals surface area contributed by atoms with Gasteiger partial charge in [-0.05, 0) is 38.0 Å². The molecule has 0 saturated carbocycles. The maximum absolute atomic E-state index is 11.9. The molecular weight excluding hydrogens is 220 g/mol. The van der Waals surface area contributed by atoms with Crippen LogP contribution >= 0.6 is 11.8 Å². The summed E-state index contributed by atoms with van der Waals surface area (Å²) in [5, 5.41) is 7.07. The number of carbonyl (C=O) groups is 1. The molecule has 0 bridgehead atoms. The second-order valence-electron chi connectivity index (χ2n) is 4.78. The van der Waals surface area contributed by atoms with Crippen LogP contribution in [0.15, 0.2) is 0 Å². The first-order valence-electron chi connectivity index (χ1n) is 6.46. The minimum atomic E-state index is 0.211. The zero-order valence-electron chi connectivity index (χ0n) is 9.84. The van der Waals surface area contributed by atoms with Crippen molar-refractivity contribution in [3.05, 3.63) is 0 Å². The van der Waals surface area contributed by atoms with Crippen LogP contribution in [0.5, 0.6) is 0 Å². The minimum Gasteiger partial charge on any atom is -0.355 e. The van der Waals surface area contributed by atoms with E-state index < -0.39 is 0 Å². The molecule has 16 heavy (non-hydrogen) atoms. The molecule has 0 radical (unpaired) electrons. The van der Waals surface area contributed by atoms with Gasteiger partial charge >= 0.3 is 0 Å². The fourth-order valence-corrected chi connectivity index (χ4v) is 3.64. The molecule has 2 rings (SSSR count). The van der Waals surface area contributed by atoms with E-state index in [0.717, 1.165) is 32.5 Å². The minimum absolute atomic E-state index is 0.211. The zero-order valence-corrected chi connectivity index (χ0v) is 10.7. The van der Waals surface area contributed by atoms with Gasteiger partial charge in [0.25, 0.3) is 0 Å². The van der Waals surface area contributed by atoms with Crippen LogP contribution in [0.25, 0.3) is 0 Å². The van der Waals surface area contributed by atoms with Crippen LogP contribution in [0.3, 0.4) is 0 Å². The standard InChI is InChI=1S/C12H22N2OS/c15-12(10-4-3-6-13-8-10)14-9-11-5-1-2-7-16-11/h10-11,13H,1-9H2,(H,14,15)/t10-,11?/m0/s1. The van der Waals surface area contributed by atoms with Gasteiger partial charge in [-0.15, -0.1) is 0 Å². The number of amides is 1. The van der Waals surface area contributed by atoms with Crippen molar-refractivity contribution in [1.82, 2.24) is 10.6 Å². The largest absolute Gasteiger partial charge is 0.355 e. The van der Waals surface area contributed by atoms with Crippen LogP contribution in [0.2, 0.25) is 0 Å². The van der Waals surface area contributed by atoms with E-state index in [4.69, 9.17) is 0 Å². The molecule has 2 heterocycles. The van der Waals surface area contributed by atoms with Gasteiger partial charge in [-0.25, -0.2) is 0 Å². The number of carbonyl (C=O) groups excluding carboxylic acids is 1. The van der Waals surface area contributed by atoms with Gasteiger partial charge in [-0.3, -0.25) is 4.79 Å². The topological polar surface area (TPSA) is 41.1 Å². The first-order chi connectivity index (χ1) is 7.86. The normalized spacial score (nSPS) is 31.0. The maximum atomic E-state index is 11.9. The van der Waals surface area contributed by atoms with Crippen molar-refractivity contribution in [3.8, 4) is 0 Å². The number of piperidine rings is 1. The molecule has 2 saturated heterocycles. The highest BCUT2D eigenvalue weighted by atomic mass is 32.2. The van der Waals surface area contributed by atoms with Crippen molar-refractivity contribution in [2.24, 2.45) is 5.92 Å². The predicted molar refractivity (Wildman–Crippen MR) is 68.7 cm³/mol. The highest BCUT2D eigenvalue weighted by molar-refractivity contribution is 7.99. The van der Waals surface area contributed by atoms with Gasteiger partial charge < -0.3 is 10.6 Å². The monoisotopic (exact) mass is 242 g/mol. The average Bonchev–Trinajstić information content (AvgIpc) is 2.38. The van der Waals surface area contributed by atoms with Gasteiger partial charge in [0.05, 0.1) is 5.92 Å². The fourth-order valence-electron chi connectivity index (χ4n) is 2.40.